The largest absolute Gasteiger partial charge is 0.444 e. The number of amides is 1. The summed E-state index contributed by atoms with van der Waals surface area (Å²) in [7, 11) is 0. The highest BCUT2D eigenvalue weighted by molar-refractivity contribution is 5.68. The molecule has 0 aliphatic carbocycles. The van der Waals surface area contributed by atoms with Gasteiger partial charge in [0.15, 0.2) is 0 Å². The summed E-state index contributed by atoms with van der Waals surface area (Å²) in [5.41, 5.74) is -0.413. The maximum Gasteiger partial charge on any atom is 0.410 e. The van der Waals surface area contributed by atoms with Gasteiger partial charge in [-0.1, -0.05) is 0 Å². The Morgan fingerprint density at radius 2 is 2.00 bits per heavy atom. The van der Waals surface area contributed by atoms with Crippen LogP contribution in [-0.4, -0.2) is 54.4 Å². The molecular weight excluding hydrogens is 242 g/mol. The lowest BCUT2D eigenvalue weighted by Gasteiger charge is -2.41. The van der Waals surface area contributed by atoms with Crippen LogP contribution in [0.5, 0.6) is 0 Å². The molecule has 5 nitrogen and oxygen atoms in total. The standard InChI is InChI=1S/C14H27N3O2/c1-10-7-11(16-12-8-15-9-12)5-6-17(10)13(18)19-14(2,3)4/h10-12,15-16H,5-9H2,1-4H3. The van der Waals surface area contributed by atoms with Gasteiger partial charge >= 0.3 is 6.09 Å². The van der Waals surface area contributed by atoms with Gasteiger partial charge in [0.1, 0.15) is 5.60 Å². The molecule has 2 atom stereocenters. The lowest BCUT2D eigenvalue weighted by Crippen LogP contribution is -2.60. The first kappa shape index (κ1) is 14.6. The second-order valence-corrected chi connectivity index (χ2v) is 6.77. The third-order valence-corrected chi connectivity index (χ3v) is 3.76. The Morgan fingerprint density at radius 3 is 2.47 bits per heavy atom. The molecule has 2 unspecified atom stereocenters. The zero-order valence-electron chi connectivity index (χ0n) is 12.5. The van der Waals surface area contributed by atoms with Gasteiger partial charge in [0.25, 0.3) is 0 Å². The first-order chi connectivity index (χ1) is 8.85. The van der Waals surface area contributed by atoms with Crippen molar-refractivity contribution < 1.29 is 9.53 Å². The highest BCUT2D eigenvalue weighted by Crippen LogP contribution is 2.21. The predicted molar refractivity (Wildman–Crippen MR) is 75.2 cm³/mol. The van der Waals surface area contributed by atoms with Gasteiger partial charge in [-0.05, 0) is 40.5 Å². The van der Waals surface area contributed by atoms with Gasteiger partial charge < -0.3 is 20.3 Å². The summed E-state index contributed by atoms with van der Waals surface area (Å²) in [6.07, 6.45) is 1.85. The number of hydrogen-bond donors (Lipinski definition) is 2. The van der Waals surface area contributed by atoms with Crippen LogP contribution in [0.1, 0.15) is 40.5 Å². The van der Waals surface area contributed by atoms with Gasteiger partial charge in [-0.3, -0.25) is 0 Å². The quantitative estimate of drug-likeness (QED) is 0.794. The highest BCUT2D eigenvalue weighted by Gasteiger charge is 2.33. The van der Waals surface area contributed by atoms with Crippen molar-refractivity contribution in [3.63, 3.8) is 0 Å². The molecule has 2 aliphatic rings. The molecule has 2 rings (SSSR count). The van der Waals surface area contributed by atoms with Crippen molar-refractivity contribution in [2.45, 2.75) is 64.3 Å². The number of rotatable bonds is 2. The van der Waals surface area contributed by atoms with Gasteiger partial charge in [0, 0.05) is 37.8 Å². The molecule has 0 spiro atoms. The number of piperidine rings is 1. The summed E-state index contributed by atoms with van der Waals surface area (Å²) >= 11 is 0. The van der Waals surface area contributed by atoms with Crippen molar-refractivity contribution in [2.24, 2.45) is 0 Å². The van der Waals surface area contributed by atoms with Gasteiger partial charge in [0.2, 0.25) is 0 Å². The zero-order chi connectivity index (χ0) is 14.0. The number of nitrogens with zero attached hydrogens (tertiary/aromatic N) is 1. The maximum absolute atomic E-state index is 12.1. The van der Waals surface area contributed by atoms with Crippen LogP contribution in [0.15, 0.2) is 0 Å². The van der Waals surface area contributed by atoms with E-state index in [4.69, 9.17) is 4.74 Å². The van der Waals surface area contributed by atoms with Crippen molar-refractivity contribution in [3.05, 3.63) is 0 Å². The molecule has 0 saturated carbocycles. The summed E-state index contributed by atoms with van der Waals surface area (Å²) in [5, 5.41) is 6.92. The normalized spacial score (nSPS) is 28.9. The van der Waals surface area contributed by atoms with Crippen LogP contribution in [0.2, 0.25) is 0 Å². The Kier molecular flexibility index (Phi) is 4.36. The summed E-state index contributed by atoms with van der Waals surface area (Å²) in [5.74, 6) is 0. The fraction of sp³-hybridized carbons (Fsp3) is 0.929. The van der Waals surface area contributed by atoms with Gasteiger partial charge in [-0.2, -0.15) is 0 Å². The number of likely N-dealkylation sites (tertiary alicyclic amines) is 1. The van der Waals surface area contributed by atoms with E-state index in [0.29, 0.717) is 12.1 Å². The van der Waals surface area contributed by atoms with Crippen molar-refractivity contribution in [3.8, 4) is 0 Å². The first-order valence-electron chi connectivity index (χ1n) is 7.31. The lowest BCUT2D eigenvalue weighted by molar-refractivity contribution is 0.00873. The number of hydrogen-bond acceptors (Lipinski definition) is 4. The van der Waals surface area contributed by atoms with Gasteiger partial charge in [0.05, 0.1) is 0 Å². The molecule has 0 bridgehead atoms. The van der Waals surface area contributed by atoms with Crippen LogP contribution in [0.25, 0.3) is 0 Å². The van der Waals surface area contributed by atoms with Crippen molar-refractivity contribution in [1.82, 2.24) is 15.5 Å². The van der Waals surface area contributed by atoms with Crippen LogP contribution in [0.4, 0.5) is 4.79 Å². The fourth-order valence-corrected chi connectivity index (χ4v) is 2.66. The molecule has 2 aliphatic heterocycles. The molecule has 2 fully saturated rings. The minimum atomic E-state index is -0.413. The van der Waals surface area contributed by atoms with Crippen molar-refractivity contribution in [2.75, 3.05) is 19.6 Å². The van der Waals surface area contributed by atoms with E-state index >= 15 is 0 Å². The van der Waals surface area contributed by atoms with E-state index < -0.39 is 5.60 Å². The van der Waals surface area contributed by atoms with E-state index in [1.807, 2.05) is 25.7 Å². The second kappa shape index (κ2) is 5.67. The molecule has 0 aromatic heterocycles. The van der Waals surface area contributed by atoms with E-state index in [0.717, 1.165) is 32.5 Å². The van der Waals surface area contributed by atoms with E-state index in [-0.39, 0.29) is 12.1 Å². The van der Waals surface area contributed by atoms with Gasteiger partial charge in [-0.15, -0.1) is 0 Å². The van der Waals surface area contributed by atoms with Crippen LogP contribution in [0, 0.1) is 0 Å². The molecule has 2 N–H and O–H groups in total. The monoisotopic (exact) mass is 269 g/mol. The zero-order valence-corrected chi connectivity index (χ0v) is 12.5. The molecule has 2 saturated heterocycles. The average molecular weight is 269 g/mol. The first-order valence-corrected chi connectivity index (χ1v) is 7.31. The molecule has 0 aromatic rings. The third kappa shape index (κ3) is 4.08. The Bertz CT molecular complexity index is 323. The molecular formula is C14H27N3O2. The van der Waals surface area contributed by atoms with E-state index in [1.54, 1.807) is 0 Å². The summed E-state index contributed by atoms with van der Waals surface area (Å²) in [6.45, 7) is 10.8. The molecule has 5 heteroatoms. The number of nitrogens with one attached hydrogen (secondary N) is 2. The van der Waals surface area contributed by atoms with Crippen LogP contribution in [-0.2, 0) is 4.74 Å². The van der Waals surface area contributed by atoms with Crippen molar-refractivity contribution >= 4 is 6.09 Å². The smallest absolute Gasteiger partial charge is 0.410 e. The molecule has 19 heavy (non-hydrogen) atoms. The molecule has 1 amide bonds. The maximum atomic E-state index is 12.1. The van der Waals surface area contributed by atoms with Crippen LogP contribution in [0.3, 0.4) is 0 Å². The molecule has 0 radical (unpaired) electrons. The number of ether oxygens (including phenoxy) is 1. The number of carbonyl (C=O) groups is 1. The average Bonchev–Trinajstić information content (AvgIpc) is 2.21. The van der Waals surface area contributed by atoms with Gasteiger partial charge in [-0.25, -0.2) is 4.79 Å². The molecule has 2 heterocycles. The Labute approximate surface area is 116 Å². The Hall–Kier alpha value is -0.810. The topological polar surface area (TPSA) is 53.6 Å². The molecule has 110 valence electrons. The van der Waals surface area contributed by atoms with E-state index in [1.165, 1.54) is 0 Å². The van der Waals surface area contributed by atoms with Crippen LogP contribution < -0.4 is 10.6 Å². The Morgan fingerprint density at radius 1 is 1.32 bits per heavy atom. The third-order valence-electron chi connectivity index (χ3n) is 3.76. The minimum absolute atomic E-state index is 0.177. The summed E-state index contributed by atoms with van der Waals surface area (Å²) in [6, 6.07) is 1.39. The fourth-order valence-electron chi connectivity index (χ4n) is 2.66. The highest BCUT2D eigenvalue weighted by atomic mass is 16.6. The summed E-state index contributed by atoms with van der Waals surface area (Å²) < 4.78 is 5.45. The SMILES string of the molecule is CC1CC(NC2CNC2)CCN1C(=O)OC(C)(C)C. The predicted octanol–water partition coefficient (Wildman–Crippen LogP) is 1.34. The van der Waals surface area contributed by atoms with E-state index in [2.05, 4.69) is 17.6 Å². The van der Waals surface area contributed by atoms with E-state index in [9.17, 15) is 4.79 Å². The Balaban J connectivity index is 1.80. The minimum Gasteiger partial charge on any atom is -0.444 e. The van der Waals surface area contributed by atoms with Crippen LogP contribution >= 0.6 is 0 Å². The van der Waals surface area contributed by atoms with Crippen molar-refractivity contribution in [1.29, 1.82) is 0 Å². The second-order valence-electron chi connectivity index (χ2n) is 6.77. The number of carbonyl (C=O) groups excluding carboxylic acids is 1. The molecule has 0 aromatic carbocycles. The lowest BCUT2D eigenvalue weighted by atomic mass is 9.97. The summed E-state index contributed by atoms with van der Waals surface area (Å²) in [4.78, 5) is 14.0.